The number of hydrogen-bond donors (Lipinski definition) is 4. The molecule has 0 unspecified atom stereocenters. The first kappa shape index (κ1) is 24.9. The van der Waals surface area contributed by atoms with Gasteiger partial charge in [0, 0.05) is 51.9 Å². The van der Waals surface area contributed by atoms with E-state index in [1.54, 1.807) is 32.4 Å². The number of aromatic amines is 2. The molecule has 0 saturated carbocycles. The lowest BCUT2D eigenvalue weighted by Gasteiger charge is -2.10. The van der Waals surface area contributed by atoms with Crippen LogP contribution in [0.5, 0.6) is 11.5 Å². The number of carbonyl (C=O) groups is 2. The smallest absolute Gasteiger partial charge is 0.251 e. The SMILES string of the molecule is COc1ccc(-c2c[nH]c3ccc(C(=O)NCC(=O)NCCc4c[nH]c5ccc(F)cc45)cc23)cc1OC. The van der Waals surface area contributed by atoms with Crippen LogP contribution in [0, 0.1) is 5.82 Å². The third-order valence-corrected chi connectivity index (χ3v) is 6.49. The Bertz CT molecular complexity index is 1640. The fraction of sp³-hybridized carbons (Fsp3) is 0.172. The molecular formula is C29H27FN4O4. The van der Waals surface area contributed by atoms with Crippen LogP contribution in [0.3, 0.4) is 0 Å². The summed E-state index contributed by atoms with van der Waals surface area (Å²) in [4.78, 5) is 31.5. The largest absolute Gasteiger partial charge is 0.493 e. The lowest BCUT2D eigenvalue weighted by atomic mass is 10.0. The van der Waals surface area contributed by atoms with Crippen molar-refractivity contribution < 1.29 is 23.5 Å². The van der Waals surface area contributed by atoms with Crippen LogP contribution in [0.15, 0.2) is 67.0 Å². The molecular weight excluding hydrogens is 487 g/mol. The highest BCUT2D eigenvalue weighted by atomic mass is 19.1. The normalized spacial score (nSPS) is 11.0. The summed E-state index contributed by atoms with van der Waals surface area (Å²) in [5.74, 6) is 0.270. The molecule has 0 radical (unpaired) electrons. The number of hydrogen-bond acceptors (Lipinski definition) is 4. The number of nitrogens with one attached hydrogen (secondary N) is 4. The van der Waals surface area contributed by atoms with E-state index < -0.39 is 0 Å². The Morgan fingerprint density at radius 3 is 2.42 bits per heavy atom. The van der Waals surface area contributed by atoms with E-state index in [9.17, 15) is 14.0 Å². The molecule has 0 aliphatic carbocycles. The van der Waals surface area contributed by atoms with Gasteiger partial charge in [-0.25, -0.2) is 4.39 Å². The van der Waals surface area contributed by atoms with Gasteiger partial charge in [0.15, 0.2) is 11.5 Å². The van der Waals surface area contributed by atoms with E-state index in [1.165, 1.54) is 12.1 Å². The highest BCUT2D eigenvalue weighted by Gasteiger charge is 2.14. The van der Waals surface area contributed by atoms with Crippen molar-refractivity contribution in [3.05, 3.63) is 83.9 Å². The predicted molar refractivity (Wildman–Crippen MR) is 144 cm³/mol. The standard InChI is InChI=1S/C29H27FN4O4/c1-37-26-8-4-17(12-27(26)38-2)23-15-33-25-6-3-18(11-22(23)25)29(36)34-16-28(35)31-10-9-19-14-32-24-7-5-20(30)13-21(19)24/h3-8,11-15,32-33H,9-10,16H2,1-2H3,(H,31,35)(H,34,36). The van der Waals surface area contributed by atoms with E-state index in [0.29, 0.717) is 30.0 Å². The minimum absolute atomic E-state index is 0.158. The molecule has 194 valence electrons. The van der Waals surface area contributed by atoms with Gasteiger partial charge >= 0.3 is 0 Å². The van der Waals surface area contributed by atoms with Gasteiger partial charge in [-0.3, -0.25) is 9.59 Å². The lowest BCUT2D eigenvalue weighted by molar-refractivity contribution is -0.120. The summed E-state index contributed by atoms with van der Waals surface area (Å²) in [6.07, 6.45) is 4.22. The molecule has 0 aliphatic heterocycles. The van der Waals surface area contributed by atoms with Crippen LogP contribution in [0.25, 0.3) is 32.9 Å². The Hall–Kier alpha value is -4.79. The van der Waals surface area contributed by atoms with E-state index in [-0.39, 0.29) is 24.2 Å². The first-order chi connectivity index (χ1) is 18.5. The third-order valence-electron chi connectivity index (χ3n) is 6.49. The zero-order valence-corrected chi connectivity index (χ0v) is 21.0. The quantitative estimate of drug-likeness (QED) is 0.231. The van der Waals surface area contributed by atoms with Crippen LogP contribution in [-0.4, -0.2) is 49.1 Å². The molecule has 8 nitrogen and oxygen atoms in total. The van der Waals surface area contributed by atoms with Crippen molar-refractivity contribution in [2.75, 3.05) is 27.3 Å². The van der Waals surface area contributed by atoms with Crippen LogP contribution in [0.2, 0.25) is 0 Å². The molecule has 0 fully saturated rings. The molecule has 38 heavy (non-hydrogen) atoms. The average molecular weight is 515 g/mol. The summed E-state index contributed by atoms with van der Waals surface area (Å²) in [7, 11) is 3.17. The average Bonchev–Trinajstić information content (AvgIpc) is 3.54. The number of rotatable bonds is 9. The Morgan fingerprint density at radius 2 is 1.61 bits per heavy atom. The molecule has 0 spiro atoms. The minimum atomic E-state index is -0.353. The predicted octanol–water partition coefficient (Wildman–Crippen LogP) is 4.56. The van der Waals surface area contributed by atoms with Crippen molar-refractivity contribution >= 4 is 33.6 Å². The molecule has 2 aromatic heterocycles. The second-order valence-corrected chi connectivity index (χ2v) is 8.82. The Kier molecular flexibility index (Phi) is 6.99. The first-order valence-corrected chi connectivity index (χ1v) is 12.1. The van der Waals surface area contributed by atoms with E-state index in [1.807, 2.05) is 36.7 Å². The Morgan fingerprint density at radius 1 is 0.842 bits per heavy atom. The maximum atomic E-state index is 13.6. The summed E-state index contributed by atoms with van der Waals surface area (Å²) in [5.41, 5.74) is 4.88. The summed E-state index contributed by atoms with van der Waals surface area (Å²) < 4.78 is 24.3. The third kappa shape index (κ3) is 5.04. The first-order valence-electron chi connectivity index (χ1n) is 12.1. The number of halogens is 1. The molecule has 0 aliphatic rings. The van der Waals surface area contributed by atoms with E-state index in [0.717, 1.165) is 38.5 Å². The number of carbonyl (C=O) groups excluding carboxylic acids is 2. The summed E-state index contributed by atoms with van der Waals surface area (Å²) >= 11 is 0. The zero-order chi connectivity index (χ0) is 26.6. The molecule has 5 rings (SSSR count). The summed E-state index contributed by atoms with van der Waals surface area (Å²) in [6.45, 7) is 0.206. The van der Waals surface area contributed by atoms with Crippen LogP contribution < -0.4 is 20.1 Å². The number of fused-ring (bicyclic) bond motifs is 2. The number of amides is 2. The topological polar surface area (TPSA) is 108 Å². The monoisotopic (exact) mass is 514 g/mol. The van der Waals surface area contributed by atoms with Gasteiger partial charge in [-0.15, -0.1) is 0 Å². The molecule has 9 heteroatoms. The molecule has 3 aromatic carbocycles. The van der Waals surface area contributed by atoms with Crippen molar-refractivity contribution in [2.24, 2.45) is 0 Å². The second kappa shape index (κ2) is 10.7. The highest BCUT2D eigenvalue weighted by molar-refractivity contribution is 6.03. The van der Waals surface area contributed by atoms with Gasteiger partial charge in [0.2, 0.25) is 5.91 Å². The number of aromatic nitrogens is 2. The molecule has 4 N–H and O–H groups in total. The Labute approximate surface area is 218 Å². The molecule has 2 amide bonds. The maximum Gasteiger partial charge on any atom is 0.251 e. The van der Waals surface area contributed by atoms with Gasteiger partial charge in [0.05, 0.1) is 20.8 Å². The fourth-order valence-electron chi connectivity index (χ4n) is 4.52. The molecule has 0 bridgehead atoms. The van der Waals surface area contributed by atoms with Gasteiger partial charge in [0.25, 0.3) is 5.91 Å². The van der Waals surface area contributed by atoms with Gasteiger partial charge in [-0.2, -0.15) is 0 Å². The summed E-state index contributed by atoms with van der Waals surface area (Å²) in [5, 5.41) is 7.13. The molecule has 0 atom stereocenters. The lowest BCUT2D eigenvalue weighted by Crippen LogP contribution is -2.37. The van der Waals surface area contributed by atoms with Gasteiger partial charge in [-0.1, -0.05) is 6.07 Å². The van der Waals surface area contributed by atoms with Crippen LogP contribution in [0.1, 0.15) is 15.9 Å². The van der Waals surface area contributed by atoms with Crippen molar-refractivity contribution in [1.82, 2.24) is 20.6 Å². The van der Waals surface area contributed by atoms with Gasteiger partial charge < -0.3 is 30.1 Å². The van der Waals surface area contributed by atoms with Crippen LogP contribution in [0.4, 0.5) is 4.39 Å². The number of H-pyrrole nitrogens is 2. The van der Waals surface area contributed by atoms with Gasteiger partial charge in [0.1, 0.15) is 5.82 Å². The molecule has 5 aromatic rings. The zero-order valence-electron chi connectivity index (χ0n) is 21.0. The van der Waals surface area contributed by atoms with Crippen molar-refractivity contribution in [3.8, 4) is 22.6 Å². The van der Waals surface area contributed by atoms with Crippen LogP contribution >= 0.6 is 0 Å². The Balaban J connectivity index is 1.21. The number of ether oxygens (including phenoxy) is 2. The van der Waals surface area contributed by atoms with E-state index >= 15 is 0 Å². The molecule has 0 saturated heterocycles. The molecule has 2 heterocycles. The number of benzene rings is 3. The highest BCUT2D eigenvalue weighted by Crippen LogP contribution is 2.35. The summed E-state index contributed by atoms with van der Waals surface area (Å²) in [6, 6.07) is 15.5. The number of methoxy groups -OCH3 is 2. The van der Waals surface area contributed by atoms with Crippen molar-refractivity contribution in [1.29, 1.82) is 0 Å². The fourth-order valence-corrected chi connectivity index (χ4v) is 4.52. The minimum Gasteiger partial charge on any atom is -0.493 e. The van der Waals surface area contributed by atoms with Gasteiger partial charge in [-0.05, 0) is 66.1 Å². The van der Waals surface area contributed by atoms with Crippen molar-refractivity contribution in [2.45, 2.75) is 6.42 Å². The van der Waals surface area contributed by atoms with E-state index in [2.05, 4.69) is 20.6 Å². The maximum absolute atomic E-state index is 13.6. The second-order valence-electron chi connectivity index (χ2n) is 8.82. The van der Waals surface area contributed by atoms with E-state index in [4.69, 9.17) is 9.47 Å². The van der Waals surface area contributed by atoms with Crippen LogP contribution in [-0.2, 0) is 11.2 Å². The van der Waals surface area contributed by atoms with Crippen molar-refractivity contribution in [3.63, 3.8) is 0 Å².